The van der Waals surface area contributed by atoms with E-state index in [9.17, 15) is 26.4 Å². The second kappa shape index (κ2) is 6.59. The Hall–Kier alpha value is -2.06. The molecule has 0 aromatic heterocycles. The van der Waals surface area contributed by atoms with Crippen LogP contribution >= 0.6 is 11.6 Å². The average Bonchev–Trinajstić information content (AvgIpc) is 2.50. The van der Waals surface area contributed by atoms with E-state index in [-0.39, 0.29) is 16.3 Å². The summed E-state index contributed by atoms with van der Waals surface area (Å²) in [6.07, 6.45) is 0. The second-order valence-corrected chi connectivity index (χ2v) is 6.76. The number of halogens is 4. The molecule has 0 aliphatic heterocycles. The first-order valence-corrected chi connectivity index (χ1v) is 8.03. The molecule has 0 aliphatic carbocycles. The molecule has 0 aliphatic rings. The van der Waals surface area contributed by atoms with Crippen molar-refractivity contribution in [3.8, 4) is 0 Å². The van der Waals surface area contributed by atoms with E-state index in [4.69, 9.17) is 11.6 Å². The van der Waals surface area contributed by atoms with Crippen LogP contribution in [0.4, 0.5) is 18.9 Å². The first-order chi connectivity index (χ1) is 10.7. The second-order valence-electron chi connectivity index (χ2n) is 4.41. The molecule has 1 N–H and O–H groups in total. The van der Waals surface area contributed by atoms with Crippen LogP contribution in [-0.4, -0.2) is 20.1 Å². The van der Waals surface area contributed by atoms with Gasteiger partial charge in [-0.25, -0.2) is 12.8 Å². The lowest BCUT2D eigenvalue weighted by atomic mass is 10.2. The molecule has 0 fully saturated rings. The normalized spacial score (nSPS) is 11.5. The highest BCUT2D eigenvalue weighted by Crippen LogP contribution is 2.21. The van der Waals surface area contributed by atoms with Crippen LogP contribution < -0.4 is 5.32 Å². The van der Waals surface area contributed by atoms with Gasteiger partial charge in [-0.2, -0.15) is 8.78 Å². The summed E-state index contributed by atoms with van der Waals surface area (Å²) >= 11 is 5.68. The van der Waals surface area contributed by atoms with Crippen LogP contribution in [0.2, 0.25) is 5.02 Å². The quantitative estimate of drug-likeness (QED) is 0.900. The molecule has 0 unspecified atom stereocenters. The zero-order chi connectivity index (χ0) is 17.2. The van der Waals surface area contributed by atoms with Crippen molar-refractivity contribution in [1.29, 1.82) is 0 Å². The molecule has 2 rings (SSSR count). The van der Waals surface area contributed by atoms with Gasteiger partial charge in [0, 0.05) is 10.7 Å². The number of anilines is 1. The van der Waals surface area contributed by atoms with Crippen LogP contribution in [0.1, 0.15) is 10.4 Å². The summed E-state index contributed by atoms with van der Waals surface area (Å²) in [5.41, 5.74) is -0.190. The molecular weight excluding hydrogens is 355 g/mol. The minimum Gasteiger partial charge on any atom is -0.322 e. The number of hydrogen-bond donors (Lipinski definition) is 1. The number of amides is 1. The van der Waals surface area contributed by atoms with Gasteiger partial charge in [0.25, 0.3) is 5.91 Å². The minimum absolute atomic E-state index is 0.114. The van der Waals surface area contributed by atoms with Gasteiger partial charge in [0.1, 0.15) is 5.82 Å². The molecule has 2 aromatic carbocycles. The molecule has 0 radical (unpaired) electrons. The predicted molar refractivity (Wildman–Crippen MR) is 79.0 cm³/mol. The molecule has 122 valence electrons. The third-order valence-electron chi connectivity index (χ3n) is 2.85. The van der Waals surface area contributed by atoms with Gasteiger partial charge >= 0.3 is 5.76 Å². The smallest absolute Gasteiger partial charge is 0.322 e. The number of carbonyl (C=O) groups is 1. The molecule has 23 heavy (non-hydrogen) atoms. The summed E-state index contributed by atoms with van der Waals surface area (Å²) in [5.74, 6) is -5.14. The van der Waals surface area contributed by atoms with Crippen molar-refractivity contribution in [3.63, 3.8) is 0 Å². The van der Waals surface area contributed by atoms with Crippen molar-refractivity contribution in [2.45, 2.75) is 10.7 Å². The number of alkyl halides is 2. The van der Waals surface area contributed by atoms with E-state index in [2.05, 4.69) is 5.32 Å². The van der Waals surface area contributed by atoms with Crippen molar-refractivity contribution in [2.24, 2.45) is 0 Å². The summed E-state index contributed by atoms with van der Waals surface area (Å²) in [7, 11) is -4.71. The number of sulfone groups is 1. The lowest BCUT2D eigenvalue weighted by Crippen LogP contribution is -2.14. The maximum absolute atomic E-state index is 13.5. The summed E-state index contributed by atoms with van der Waals surface area (Å²) in [5, 5.41) is 2.48. The van der Waals surface area contributed by atoms with E-state index in [0.29, 0.717) is 0 Å². The Bertz CT molecular complexity index is 839. The fourth-order valence-corrected chi connectivity index (χ4v) is 2.59. The monoisotopic (exact) mass is 363 g/mol. The Morgan fingerprint density at radius 1 is 1.09 bits per heavy atom. The Labute approximate surface area is 134 Å². The number of rotatable bonds is 4. The van der Waals surface area contributed by atoms with E-state index >= 15 is 0 Å². The third kappa shape index (κ3) is 3.83. The molecule has 0 heterocycles. The van der Waals surface area contributed by atoms with Gasteiger partial charge < -0.3 is 5.32 Å². The van der Waals surface area contributed by atoms with Crippen LogP contribution in [0.3, 0.4) is 0 Å². The summed E-state index contributed by atoms with van der Waals surface area (Å²) in [6.45, 7) is 0. The Morgan fingerprint density at radius 2 is 1.70 bits per heavy atom. The average molecular weight is 364 g/mol. The Morgan fingerprint density at radius 3 is 2.26 bits per heavy atom. The van der Waals surface area contributed by atoms with Gasteiger partial charge in [-0.3, -0.25) is 4.79 Å². The van der Waals surface area contributed by atoms with Crippen LogP contribution in [0.25, 0.3) is 0 Å². The standard InChI is InChI=1S/C14H9ClF3NO3S/c15-8-1-6-12(16)11(7-8)13(20)19-9-2-4-10(5-3-9)23(21,22)14(17)18/h1-7,14H,(H,19,20). The molecule has 0 saturated heterocycles. The summed E-state index contributed by atoms with van der Waals surface area (Å²) in [4.78, 5) is 11.3. The summed E-state index contributed by atoms with van der Waals surface area (Å²) in [6, 6.07) is 7.51. The van der Waals surface area contributed by atoms with E-state index in [1.165, 1.54) is 6.07 Å². The first kappa shape index (κ1) is 17.3. The highest BCUT2D eigenvalue weighted by molar-refractivity contribution is 7.91. The van der Waals surface area contributed by atoms with Gasteiger partial charge in [0.05, 0.1) is 10.5 Å². The van der Waals surface area contributed by atoms with Crippen LogP contribution in [0, 0.1) is 5.82 Å². The number of nitrogens with one attached hydrogen (secondary N) is 1. The van der Waals surface area contributed by atoms with E-state index < -0.39 is 32.2 Å². The molecule has 0 saturated carbocycles. The van der Waals surface area contributed by atoms with Crippen molar-refractivity contribution >= 4 is 33.0 Å². The zero-order valence-electron chi connectivity index (χ0n) is 11.3. The van der Waals surface area contributed by atoms with Gasteiger partial charge in [-0.05, 0) is 42.5 Å². The highest BCUT2D eigenvalue weighted by Gasteiger charge is 2.26. The Balaban J connectivity index is 2.21. The van der Waals surface area contributed by atoms with Crippen molar-refractivity contribution in [2.75, 3.05) is 5.32 Å². The van der Waals surface area contributed by atoms with Crippen molar-refractivity contribution in [1.82, 2.24) is 0 Å². The fourth-order valence-electron chi connectivity index (χ4n) is 1.70. The fraction of sp³-hybridized carbons (Fsp3) is 0.0714. The van der Waals surface area contributed by atoms with Crippen LogP contribution in [0.5, 0.6) is 0 Å². The van der Waals surface area contributed by atoms with Crippen LogP contribution in [0.15, 0.2) is 47.4 Å². The third-order valence-corrected chi connectivity index (χ3v) is 4.48. The van der Waals surface area contributed by atoms with Crippen molar-refractivity contribution < 1.29 is 26.4 Å². The SMILES string of the molecule is O=C(Nc1ccc(S(=O)(=O)C(F)F)cc1)c1cc(Cl)ccc1F. The highest BCUT2D eigenvalue weighted by atomic mass is 35.5. The maximum Gasteiger partial charge on any atom is 0.341 e. The molecule has 2 aromatic rings. The van der Waals surface area contributed by atoms with E-state index in [1.54, 1.807) is 0 Å². The van der Waals surface area contributed by atoms with Gasteiger partial charge in [-0.15, -0.1) is 0 Å². The topological polar surface area (TPSA) is 63.2 Å². The summed E-state index contributed by atoms with van der Waals surface area (Å²) < 4.78 is 60.9. The van der Waals surface area contributed by atoms with E-state index in [1.807, 2.05) is 0 Å². The lowest BCUT2D eigenvalue weighted by Gasteiger charge is -2.08. The molecule has 0 bridgehead atoms. The predicted octanol–water partition coefficient (Wildman–Crippen LogP) is 3.73. The van der Waals surface area contributed by atoms with Gasteiger partial charge in [0.15, 0.2) is 0 Å². The molecule has 9 heteroatoms. The first-order valence-electron chi connectivity index (χ1n) is 6.10. The molecule has 0 spiro atoms. The van der Waals surface area contributed by atoms with Gasteiger partial charge in [0.2, 0.25) is 9.84 Å². The molecule has 4 nitrogen and oxygen atoms in total. The number of hydrogen-bond acceptors (Lipinski definition) is 3. The molecule has 1 amide bonds. The largest absolute Gasteiger partial charge is 0.341 e. The van der Waals surface area contributed by atoms with E-state index in [0.717, 1.165) is 36.4 Å². The molecule has 0 atom stereocenters. The maximum atomic E-state index is 13.5. The van der Waals surface area contributed by atoms with Gasteiger partial charge in [-0.1, -0.05) is 11.6 Å². The molecular formula is C14H9ClF3NO3S. The number of carbonyl (C=O) groups excluding carboxylic acids is 1. The van der Waals surface area contributed by atoms with Crippen LogP contribution in [-0.2, 0) is 9.84 Å². The van der Waals surface area contributed by atoms with Crippen molar-refractivity contribution in [3.05, 3.63) is 58.9 Å². The Kier molecular flexibility index (Phi) is 4.96. The minimum atomic E-state index is -4.71. The lowest BCUT2D eigenvalue weighted by molar-refractivity contribution is 0.102. The zero-order valence-corrected chi connectivity index (χ0v) is 12.8. The number of benzene rings is 2.